The summed E-state index contributed by atoms with van der Waals surface area (Å²) in [4.78, 5) is 45.9. The molecule has 5 atom stereocenters. The molecule has 1 rings (SSSR count). The van der Waals surface area contributed by atoms with Crippen LogP contribution in [0.2, 0.25) is 0 Å². The van der Waals surface area contributed by atoms with E-state index in [0.29, 0.717) is 6.42 Å². The molecular formula is C17H25NO8. The van der Waals surface area contributed by atoms with Crippen molar-refractivity contribution in [3.63, 3.8) is 0 Å². The van der Waals surface area contributed by atoms with Gasteiger partial charge in [-0.3, -0.25) is 19.2 Å². The van der Waals surface area contributed by atoms with Crippen molar-refractivity contribution >= 4 is 23.8 Å². The molecule has 1 fully saturated rings. The number of esters is 3. The first-order chi connectivity index (χ1) is 12.1. The Bertz CT molecular complexity index is 561. The molecular weight excluding hydrogens is 346 g/mol. The van der Waals surface area contributed by atoms with Crippen LogP contribution < -0.4 is 5.32 Å². The van der Waals surface area contributed by atoms with Crippen molar-refractivity contribution in [2.45, 2.75) is 64.6 Å². The first-order valence-electron chi connectivity index (χ1n) is 8.17. The third-order valence-electron chi connectivity index (χ3n) is 3.62. The second kappa shape index (κ2) is 9.91. The minimum Gasteiger partial charge on any atom is -0.463 e. The van der Waals surface area contributed by atoms with Gasteiger partial charge < -0.3 is 24.3 Å². The molecule has 1 aliphatic rings. The van der Waals surface area contributed by atoms with E-state index in [2.05, 4.69) is 11.9 Å². The van der Waals surface area contributed by atoms with Crippen LogP contribution in [0.1, 0.15) is 34.1 Å². The van der Waals surface area contributed by atoms with Crippen molar-refractivity contribution in [1.29, 1.82) is 0 Å². The van der Waals surface area contributed by atoms with Crippen LogP contribution in [0, 0.1) is 0 Å². The zero-order chi connectivity index (χ0) is 19.9. The highest BCUT2D eigenvalue weighted by Crippen LogP contribution is 2.28. The first-order valence-corrected chi connectivity index (χ1v) is 8.17. The molecule has 0 aliphatic carbocycles. The van der Waals surface area contributed by atoms with Gasteiger partial charge in [0.1, 0.15) is 12.7 Å². The van der Waals surface area contributed by atoms with Gasteiger partial charge in [-0.05, 0) is 6.42 Å². The standard InChI is InChI=1S/C17H25NO8/c1-6-7-13-15(18-9(2)19)17(25-12(5)22)16(24-11(4)21)14(26-13)8-23-10(3)20/h6,13-17H,1,7-8H2,2-5H3,(H,18,19)/t13-,14+,15-,16-,17+/m0/s1. The van der Waals surface area contributed by atoms with Crippen LogP contribution >= 0.6 is 0 Å². The summed E-state index contributed by atoms with van der Waals surface area (Å²) in [6.07, 6.45) is -1.66. The molecule has 1 amide bonds. The molecule has 9 nitrogen and oxygen atoms in total. The number of hydrogen-bond acceptors (Lipinski definition) is 8. The van der Waals surface area contributed by atoms with Gasteiger partial charge in [0.2, 0.25) is 5.91 Å². The van der Waals surface area contributed by atoms with Gasteiger partial charge in [0, 0.05) is 27.7 Å². The van der Waals surface area contributed by atoms with Crippen LogP contribution in [0.15, 0.2) is 12.7 Å². The minimum absolute atomic E-state index is 0.203. The topological polar surface area (TPSA) is 117 Å². The van der Waals surface area contributed by atoms with Crippen molar-refractivity contribution in [2.75, 3.05) is 6.61 Å². The van der Waals surface area contributed by atoms with E-state index in [1.165, 1.54) is 27.7 Å². The predicted octanol–water partition coefficient (Wildman–Crippen LogP) is 0.261. The summed E-state index contributed by atoms with van der Waals surface area (Å²) in [7, 11) is 0. The highest BCUT2D eigenvalue weighted by Gasteiger charge is 2.50. The zero-order valence-corrected chi connectivity index (χ0v) is 15.4. The Kier molecular flexibility index (Phi) is 8.24. The highest BCUT2D eigenvalue weighted by molar-refractivity contribution is 5.73. The SMILES string of the molecule is C=CC[C@@H]1O[C@H](COC(C)=O)[C@H](OC(C)=O)[C@H](OC(C)=O)[C@H]1NC(C)=O. The molecule has 0 spiro atoms. The van der Waals surface area contributed by atoms with Gasteiger partial charge in [0.15, 0.2) is 12.2 Å². The molecule has 0 saturated carbocycles. The second-order valence-electron chi connectivity index (χ2n) is 5.91. The number of nitrogens with one attached hydrogen (secondary N) is 1. The smallest absolute Gasteiger partial charge is 0.303 e. The fraction of sp³-hybridized carbons (Fsp3) is 0.647. The molecule has 26 heavy (non-hydrogen) atoms. The predicted molar refractivity (Wildman–Crippen MR) is 88.8 cm³/mol. The molecule has 0 unspecified atom stereocenters. The summed E-state index contributed by atoms with van der Waals surface area (Å²) < 4.78 is 21.5. The molecule has 1 N–H and O–H groups in total. The average Bonchev–Trinajstić information content (AvgIpc) is 2.50. The third kappa shape index (κ3) is 6.47. The Morgan fingerprint density at radius 2 is 1.54 bits per heavy atom. The molecule has 1 aliphatic heterocycles. The summed E-state index contributed by atoms with van der Waals surface area (Å²) in [6, 6.07) is -0.771. The van der Waals surface area contributed by atoms with Crippen LogP contribution in [0.3, 0.4) is 0 Å². The number of amides is 1. The largest absolute Gasteiger partial charge is 0.463 e. The summed E-state index contributed by atoms with van der Waals surface area (Å²) in [6.45, 7) is 8.38. The Morgan fingerprint density at radius 3 is 2.00 bits per heavy atom. The van der Waals surface area contributed by atoms with Gasteiger partial charge in [-0.1, -0.05) is 6.08 Å². The third-order valence-corrected chi connectivity index (χ3v) is 3.62. The Balaban J connectivity index is 3.24. The average molecular weight is 371 g/mol. The van der Waals surface area contributed by atoms with E-state index in [4.69, 9.17) is 18.9 Å². The molecule has 0 aromatic rings. The monoisotopic (exact) mass is 371 g/mol. The van der Waals surface area contributed by atoms with Crippen LogP contribution in [0.4, 0.5) is 0 Å². The molecule has 0 aromatic heterocycles. The van der Waals surface area contributed by atoms with Gasteiger partial charge >= 0.3 is 17.9 Å². The van der Waals surface area contributed by atoms with Gasteiger partial charge in [-0.15, -0.1) is 6.58 Å². The molecule has 1 saturated heterocycles. The van der Waals surface area contributed by atoms with Gasteiger partial charge in [-0.25, -0.2) is 0 Å². The summed E-state index contributed by atoms with van der Waals surface area (Å²) >= 11 is 0. The lowest BCUT2D eigenvalue weighted by Gasteiger charge is -2.45. The van der Waals surface area contributed by atoms with Crippen LogP contribution in [0.5, 0.6) is 0 Å². The lowest BCUT2D eigenvalue weighted by molar-refractivity contribution is -0.223. The molecule has 0 aromatic carbocycles. The molecule has 1 heterocycles. The van der Waals surface area contributed by atoms with Gasteiger partial charge in [-0.2, -0.15) is 0 Å². The van der Waals surface area contributed by atoms with E-state index in [1.807, 2.05) is 0 Å². The highest BCUT2D eigenvalue weighted by atomic mass is 16.6. The zero-order valence-electron chi connectivity index (χ0n) is 15.4. The maximum atomic E-state index is 11.6. The lowest BCUT2D eigenvalue weighted by Crippen LogP contribution is -2.66. The first kappa shape index (κ1) is 21.6. The maximum absolute atomic E-state index is 11.6. The lowest BCUT2D eigenvalue weighted by atomic mass is 9.90. The number of hydrogen-bond donors (Lipinski definition) is 1. The normalized spacial score (nSPS) is 27.8. The minimum atomic E-state index is -1.06. The maximum Gasteiger partial charge on any atom is 0.303 e. The Morgan fingerprint density at radius 1 is 0.962 bits per heavy atom. The number of carbonyl (C=O) groups is 4. The van der Waals surface area contributed by atoms with E-state index in [0.717, 1.165) is 0 Å². The van der Waals surface area contributed by atoms with Crippen LogP contribution in [-0.2, 0) is 38.1 Å². The van der Waals surface area contributed by atoms with E-state index < -0.39 is 48.4 Å². The van der Waals surface area contributed by atoms with Gasteiger partial charge in [0.05, 0.1) is 12.1 Å². The van der Waals surface area contributed by atoms with Crippen LogP contribution in [0.25, 0.3) is 0 Å². The molecule has 0 radical (unpaired) electrons. The fourth-order valence-electron chi connectivity index (χ4n) is 2.79. The van der Waals surface area contributed by atoms with E-state index in [1.54, 1.807) is 6.08 Å². The van der Waals surface area contributed by atoms with E-state index in [-0.39, 0.29) is 12.5 Å². The van der Waals surface area contributed by atoms with Crippen molar-refractivity contribution < 1.29 is 38.1 Å². The van der Waals surface area contributed by atoms with Crippen molar-refractivity contribution in [3.8, 4) is 0 Å². The quantitative estimate of drug-likeness (QED) is 0.385. The summed E-state index contributed by atoms with van der Waals surface area (Å²) in [5, 5.41) is 2.67. The Labute approximate surface area is 152 Å². The molecule has 0 bridgehead atoms. The van der Waals surface area contributed by atoms with E-state index in [9.17, 15) is 19.2 Å². The number of ether oxygens (including phenoxy) is 4. The number of carbonyl (C=O) groups excluding carboxylic acids is 4. The molecule has 146 valence electrons. The van der Waals surface area contributed by atoms with Crippen molar-refractivity contribution in [3.05, 3.63) is 12.7 Å². The molecule has 9 heteroatoms. The van der Waals surface area contributed by atoms with E-state index >= 15 is 0 Å². The summed E-state index contributed by atoms with van der Waals surface area (Å²) in [5.41, 5.74) is 0. The Hall–Kier alpha value is -2.42. The number of rotatable bonds is 7. The van der Waals surface area contributed by atoms with Crippen molar-refractivity contribution in [1.82, 2.24) is 5.32 Å². The van der Waals surface area contributed by atoms with Crippen molar-refractivity contribution in [2.24, 2.45) is 0 Å². The summed E-state index contributed by atoms with van der Waals surface area (Å²) in [5.74, 6) is -2.16. The van der Waals surface area contributed by atoms with Crippen LogP contribution in [-0.4, -0.2) is 60.9 Å². The fourth-order valence-corrected chi connectivity index (χ4v) is 2.79. The van der Waals surface area contributed by atoms with Gasteiger partial charge in [0.25, 0.3) is 0 Å². The second-order valence-corrected chi connectivity index (χ2v) is 5.91.